The molecule has 8 heteroatoms. The van der Waals surface area contributed by atoms with Gasteiger partial charge in [-0.25, -0.2) is 15.0 Å². The average Bonchev–Trinajstić information content (AvgIpc) is 3.27. The number of benzene rings is 1. The second-order valence-electron chi connectivity index (χ2n) is 8.01. The highest BCUT2D eigenvalue weighted by atomic mass is 16.3. The molecule has 3 aromatic heterocycles. The molecule has 2 aliphatic heterocycles. The van der Waals surface area contributed by atoms with Gasteiger partial charge in [0.05, 0.1) is 6.17 Å². The quantitative estimate of drug-likeness (QED) is 0.472. The molecule has 0 fully saturated rings. The monoisotopic (exact) mass is 408 g/mol. The number of para-hydroxylation sites is 1. The van der Waals surface area contributed by atoms with Gasteiger partial charge in [0.2, 0.25) is 5.71 Å². The molecule has 0 aliphatic carbocycles. The summed E-state index contributed by atoms with van der Waals surface area (Å²) in [7, 11) is 2.08. The van der Waals surface area contributed by atoms with E-state index in [2.05, 4.69) is 68.8 Å². The predicted molar refractivity (Wildman–Crippen MR) is 123 cm³/mol. The summed E-state index contributed by atoms with van der Waals surface area (Å²) in [6, 6.07) is 14.4. The lowest BCUT2D eigenvalue weighted by Gasteiger charge is -2.36. The molecule has 0 saturated carbocycles. The van der Waals surface area contributed by atoms with Gasteiger partial charge in [0.25, 0.3) is 0 Å². The topological polar surface area (TPSA) is 61.5 Å². The first-order valence-electron chi connectivity index (χ1n) is 10.4. The van der Waals surface area contributed by atoms with E-state index in [1.807, 2.05) is 31.2 Å². The van der Waals surface area contributed by atoms with Crippen LogP contribution < -0.4 is 20.3 Å². The molecular formula is C23H21BN6O. The first kappa shape index (κ1) is 18.0. The molecule has 0 unspecified atom stereocenters. The predicted octanol–water partition coefficient (Wildman–Crippen LogP) is 2.42. The van der Waals surface area contributed by atoms with Crippen LogP contribution >= 0.6 is 0 Å². The van der Waals surface area contributed by atoms with Gasteiger partial charge in [0.15, 0.2) is 11.6 Å². The van der Waals surface area contributed by atoms with Crippen LogP contribution in [0.1, 0.15) is 12.6 Å². The van der Waals surface area contributed by atoms with E-state index in [0.717, 1.165) is 39.0 Å². The highest BCUT2D eigenvalue weighted by molar-refractivity contribution is 6.75. The van der Waals surface area contributed by atoms with Crippen molar-refractivity contribution in [1.82, 2.24) is 19.8 Å². The zero-order valence-electron chi connectivity index (χ0n) is 17.6. The van der Waals surface area contributed by atoms with E-state index in [-0.39, 0.29) is 13.1 Å². The maximum Gasteiger partial charge on any atom is 0.409 e. The van der Waals surface area contributed by atoms with Gasteiger partial charge in [-0.2, -0.15) is 0 Å². The van der Waals surface area contributed by atoms with Crippen molar-refractivity contribution in [3.63, 3.8) is 0 Å². The molecule has 0 N–H and O–H groups in total. The van der Waals surface area contributed by atoms with Crippen molar-refractivity contribution < 1.29 is 4.42 Å². The Balaban J connectivity index is 1.50. The van der Waals surface area contributed by atoms with E-state index in [1.54, 1.807) is 12.4 Å². The zero-order valence-corrected chi connectivity index (χ0v) is 17.6. The number of aryl methyl sites for hydroxylation is 1. The minimum atomic E-state index is -0.0756. The van der Waals surface area contributed by atoms with Crippen LogP contribution in [0.4, 0.5) is 17.3 Å². The van der Waals surface area contributed by atoms with E-state index in [9.17, 15) is 0 Å². The molecule has 6 rings (SSSR count). The molecule has 0 bridgehead atoms. The average molecular weight is 408 g/mol. The molecule has 0 radical (unpaired) electrons. The van der Waals surface area contributed by atoms with E-state index in [4.69, 9.17) is 9.40 Å². The highest BCUT2D eigenvalue weighted by Crippen LogP contribution is 2.41. The van der Waals surface area contributed by atoms with Gasteiger partial charge in [0, 0.05) is 40.6 Å². The lowest BCUT2D eigenvalue weighted by atomic mass is 9.70. The maximum atomic E-state index is 6.14. The Morgan fingerprint density at radius 2 is 1.77 bits per heavy atom. The largest absolute Gasteiger partial charge is 0.439 e. The highest BCUT2D eigenvalue weighted by Gasteiger charge is 2.43. The molecule has 0 saturated heterocycles. The fourth-order valence-corrected chi connectivity index (χ4v) is 4.60. The van der Waals surface area contributed by atoms with Crippen molar-refractivity contribution in [2.75, 3.05) is 16.8 Å². The number of aromatic nitrogens is 3. The third kappa shape index (κ3) is 2.64. The number of pyridine rings is 1. The molecule has 2 aliphatic rings. The van der Waals surface area contributed by atoms with Gasteiger partial charge >= 0.3 is 6.98 Å². The summed E-state index contributed by atoms with van der Waals surface area (Å²) in [6.07, 6.45) is 5.65. The van der Waals surface area contributed by atoms with Crippen LogP contribution in [0, 0.1) is 6.92 Å². The van der Waals surface area contributed by atoms with Gasteiger partial charge in [-0.1, -0.05) is 18.2 Å². The van der Waals surface area contributed by atoms with E-state index in [0.29, 0.717) is 5.71 Å². The van der Waals surface area contributed by atoms with E-state index < -0.39 is 0 Å². The molecule has 31 heavy (non-hydrogen) atoms. The first-order valence-corrected chi connectivity index (χ1v) is 10.4. The summed E-state index contributed by atoms with van der Waals surface area (Å²) in [5.41, 5.74) is 3.55. The van der Waals surface area contributed by atoms with Crippen molar-refractivity contribution in [1.29, 1.82) is 0 Å². The smallest absolute Gasteiger partial charge is 0.409 e. The normalized spacial score (nSPS) is 17.5. The standard InChI is InChI=1S/C23H21BN6O/c1-15-9-10-18-19-14-28(3)24(13-20(19)31-23(18)27-15)30-16(2)29(17-7-5-4-6-8-17)21-22(30)26-12-11-25-21/h4-14,16H,1-3H3/t16-/m0/s1. The third-order valence-corrected chi connectivity index (χ3v) is 6.04. The van der Waals surface area contributed by atoms with E-state index >= 15 is 0 Å². The van der Waals surface area contributed by atoms with E-state index in [1.165, 1.54) is 0 Å². The Bertz CT molecular complexity index is 1420. The van der Waals surface area contributed by atoms with Crippen molar-refractivity contribution in [3.8, 4) is 0 Å². The van der Waals surface area contributed by atoms with Crippen LogP contribution in [0.25, 0.3) is 23.3 Å². The van der Waals surface area contributed by atoms with Crippen molar-refractivity contribution in [2.45, 2.75) is 20.0 Å². The molecule has 1 atom stereocenters. The van der Waals surface area contributed by atoms with Gasteiger partial charge in [-0.15, -0.1) is 0 Å². The molecule has 1 aromatic carbocycles. The Hall–Kier alpha value is -3.81. The van der Waals surface area contributed by atoms with Crippen LogP contribution in [0.15, 0.2) is 59.3 Å². The van der Waals surface area contributed by atoms with Gasteiger partial charge in [-0.3, -0.25) is 0 Å². The maximum absolute atomic E-state index is 6.14. The van der Waals surface area contributed by atoms with Crippen LogP contribution in [0.3, 0.4) is 0 Å². The summed E-state index contributed by atoms with van der Waals surface area (Å²) in [6.45, 7) is 4.08. The molecule has 0 spiro atoms. The number of hydrogen-bond donors (Lipinski definition) is 0. The summed E-state index contributed by atoms with van der Waals surface area (Å²) in [5.74, 6) is 3.86. The Morgan fingerprint density at radius 3 is 2.58 bits per heavy atom. The molecule has 152 valence electrons. The van der Waals surface area contributed by atoms with Crippen molar-refractivity contribution >= 4 is 47.6 Å². The zero-order chi connectivity index (χ0) is 21.1. The number of fused-ring (bicyclic) bond motifs is 4. The summed E-state index contributed by atoms with van der Waals surface area (Å²) in [5, 5.41) is 2.09. The Labute approximate surface area is 180 Å². The van der Waals surface area contributed by atoms with Crippen LogP contribution in [-0.4, -0.2) is 40.0 Å². The van der Waals surface area contributed by atoms with Crippen LogP contribution in [0.5, 0.6) is 0 Å². The molecule has 7 nitrogen and oxygen atoms in total. The number of furan rings is 1. The SMILES string of the molecule is Cc1ccc2c3c(oc2n1)=CB(N1c2nccnc2N(c2ccccc2)[C@@H]1C)N(C)C=3. The molecule has 5 heterocycles. The summed E-state index contributed by atoms with van der Waals surface area (Å²) < 4.78 is 6.14. The van der Waals surface area contributed by atoms with Crippen LogP contribution in [-0.2, 0) is 0 Å². The summed E-state index contributed by atoms with van der Waals surface area (Å²) >= 11 is 0. The minimum Gasteiger partial charge on any atom is -0.439 e. The minimum absolute atomic E-state index is 0.0168. The molecular weight excluding hydrogens is 387 g/mol. The van der Waals surface area contributed by atoms with Gasteiger partial charge in [-0.05, 0) is 51.1 Å². The number of anilines is 3. The number of rotatable bonds is 2. The summed E-state index contributed by atoms with van der Waals surface area (Å²) in [4.78, 5) is 20.6. The van der Waals surface area contributed by atoms with Crippen molar-refractivity contribution in [2.24, 2.45) is 0 Å². The lowest BCUT2D eigenvalue weighted by molar-refractivity contribution is 0.560. The molecule has 4 aromatic rings. The first-order chi connectivity index (χ1) is 15.1. The van der Waals surface area contributed by atoms with Crippen LogP contribution in [0.2, 0.25) is 0 Å². The van der Waals surface area contributed by atoms with Crippen molar-refractivity contribution in [3.05, 3.63) is 71.2 Å². The fourth-order valence-electron chi connectivity index (χ4n) is 4.60. The Morgan fingerprint density at radius 1 is 1.00 bits per heavy atom. The third-order valence-electron chi connectivity index (χ3n) is 6.04. The fraction of sp³-hybridized carbons (Fsp3) is 0.174. The second-order valence-corrected chi connectivity index (χ2v) is 8.01. The molecule has 0 amide bonds. The van der Waals surface area contributed by atoms with Gasteiger partial charge < -0.3 is 18.9 Å². The lowest BCUT2D eigenvalue weighted by Crippen LogP contribution is -2.56. The second kappa shape index (κ2) is 6.60. The number of hydrogen-bond acceptors (Lipinski definition) is 7. The van der Waals surface area contributed by atoms with Gasteiger partial charge in [0.1, 0.15) is 5.42 Å². The Kier molecular flexibility index (Phi) is 3.83. The number of nitrogens with zero attached hydrogens (tertiary/aromatic N) is 6.